The molecule has 0 aliphatic heterocycles. The molecule has 0 amide bonds. The van der Waals surface area contributed by atoms with Crippen LogP contribution in [0.3, 0.4) is 0 Å². The van der Waals surface area contributed by atoms with Gasteiger partial charge in [-0.05, 0) is 35.9 Å². The number of hydrogen-bond donors (Lipinski definition) is 2. The number of hydrogen-bond acceptors (Lipinski definition) is 7. The molecule has 0 saturated heterocycles. The van der Waals surface area contributed by atoms with E-state index in [1.807, 2.05) is 30.3 Å². The zero-order chi connectivity index (χ0) is 17.5. The standard InChI is InChI=1S/C18H19N5O2/c1-24-15-4-3-14(11-16(15)25-2)22-17-7-10-20-18(23-17)21-12-13-5-8-19-9-6-13/h3-11H,12H2,1-2H3,(H2,20,21,22,23). The van der Waals surface area contributed by atoms with Crippen molar-refractivity contribution in [1.29, 1.82) is 0 Å². The summed E-state index contributed by atoms with van der Waals surface area (Å²) in [4.78, 5) is 12.7. The minimum absolute atomic E-state index is 0.544. The second-order valence-corrected chi connectivity index (χ2v) is 5.17. The van der Waals surface area contributed by atoms with Gasteiger partial charge in [0.1, 0.15) is 5.82 Å². The molecule has 3 aromatic rings. The summed E-state index contributed by atoms with van der Waals surface area (Å²) in [6.45, 7) is 0.627. The van der Waals surface area contributed by atoms with Crippen molar-refractivity contribution < 1.29 is 9.47 Å². The fourth-order valence-corrected chi connectivity index (χ4v) is 2.26. The zero-order valence-electron chi connectivity index (χ0n) is 14.1. The molecule has 1 aromatic carbocycles. The average Bonchev–Trinajstić information content (AvgIpc) is 2.67. The fourth-order valence-electron chi connectivity index (χ4n) is 2.26. The van der Waals surface area contributed by atoms with Crippen LogP contribution in [0, 0.1) is 0 Å². The Balaban J connectivity index is 1.69. The van der Waals surface area contributed by atoms with Crippen molar-refractivity contribution in [2.24, 2.45) is 0 Å². The number of aromatic nitrogens is 3. The molecule has 0 unspecified atom stereocenters. The number of nitrogens with zero attached hydrogens (tertiary/aromatic N) is 3. The van der Waals surface area contributed by atoms with E-state index in [1.54, 1.807) is 38.9 Å². The molecule has 2 N–H and O–H groups in total. The van der Waals surface area contributed by atoms with Gasteiger partial charge in [0, 0.05) is 36.9 Å². The topological polar surface area (TPSA) is 81.2 Å². The molecule has 0 atom stereocenters. The normalized spacial score (nSPS) is 10.2. The van der Waals surface area contributed by atoms with E-state index in [0.717, 1.165) is 11.3 Å². The lowest BCUT2D eigenvalue weighted by molar-refractivity contribution is 0.355. The van der Waals surface area contributed by atoms with Crippen LogP contribution in [-0.2, 0) is 6.54 Å². The van der Waals surface area contributed by atoms with Crippen molar-refractivity contribution in [3.63, 3.8) is 0 Å². The van der Waals surface area contributed by atoms with E-state index in [-0.39, 0.29) is 0 Å². The van der Waals surface area contributed by atoms with Crippen molar-refractivity contribution in [1.82, 2.24) is 15.0 Å². The molecule has 2 heterocycles. The SMILES string of the molecule is COc1ccc(Nc2ccnc(NCc3ccncc3)n2)cc1OC. The lowest BCUT2D eigenvalue weighted by atomic mass is 10.2. The van der Waals surface area contributed by atoms with Gasteiger partial charge in [-0.2, -0.15) is 4.98 Å². The second-order valence-electron chi connectivity index (χ2n) is 5.17. The first-order chi connectivity index (χ1) is 12.3. The lowest BCUT2D eigenvalue weighted by Crippen LogP contribution is -2.05. The molecule has 0 aliphatic rings. The summed E-state index contributed by atoms with van der Waals surface area (Å²) in [6, 6.07) is 11.3. The number of pyridine rings is 1. The third-order valence-electron chi connectivity index (χ3n) is 3.51. The Morgan fingerprint density at radius 3 is 2.48 bits per heavy atom. The van der Waals surface area contributed by atoms with Crippen LogP contribution in [0.25, 0.3) is 0 Å². The van der Waals surface area contributed by atoms with Gasteiger partial charge in [0.05, 0.1) is 14.2 Å². The van der Waals surface area contributed by atoms with Crippen molar-refractivity contribution in [3.8, 4) is 11.5 Å². The highest BCUT2D eigenvalue weighted by Crippen LogP contribution is 2.30. The molecule has 25 heavy (non-hydrogen) atoms. The molecule has 128 valence electrons. The van der Waals surface area contributed by atoms with Crippen LogP contribution >= 0.6 is 0 Å². The highest BCUT2D eigenvalue weighted by molar-refractivity contribution is 5.61. The fraction of sp³-hybridized carbons (Fsp3) is 0.167. The quantitative estimate of drug-likeness (QED) is 0.685. The smallest absolute Gasteiger partial charge is 0.224 e. The van der Waals surface area contributed by atoms with Gasteiger partial charge in [0.25, 0.3) is 0 Å². The van der Waals surface area contributed by atoms with Crippen LogP contribution < -0.4 is 20.1 Å². The number of methoxy groups -OCH3 is 2. The van der Waals surface area contributed by atoms with Gasteiger partial charge in [-0.25, -0.2) is 4.98 Å². The summed E-state index contributed by atoms with van der Waals surface area (Å²) >= 11 is 0. The minimum atomic E-state index is 0.544. The Morgan fingerprint density at radius 1 is 0.920 bits per heavy atom. The van der Waals surface area contributed by atoms with Crippen molar-refractivity contribution in [2.75, 3.05) is 24.9 Å². The molecular weight excluding hydrogens is 318 g/mol. The molecule has 0 fully saturated rings. The Hall–Kier alpha value is -3.35. The Kier molecular flexibility index (Phi) is 5.26. The van der Waals surface area contributed by atoms with Gasteiger partial charge in [-0.1, -0.05) is 0 Å². The molecule has 7 heteroatoms. The molecule has 0 aliphatic carbocycles. The summed E-state index contributed by atoms with van der Waals surface area (Å²) in [5, 5.41) is 6.43. The second kappa shape index (κ2) is 7.96. The zero-order valence-corrected chi connectivity index (χ0v) is 14.1. The Morgan fingerprint density at radius 2 is 1.72 bits per heavy atom. The molecule has 0 bridgehead atoms. The van der Waals surface area contributed by atoms with E-state index in [0.29, 0.717) is 29.8 Å². The number of ether oxygens (including phenoxy) is 2. The summed E-state index contributed by atoms with van der Waals surface area (Å²) in [5.41, 5.74) is 1.95. The average molecular weight is 337 g/mol. The van der Waals surface area contributed by atoms with E-state index in [2.05, 4.69) is 25.6 Å². The third-order valence-corrected chi connectivity index (χ3v) is 3.51. The van der Waals surface area contributed by atoms with Crippen molar-refractivity contribution >= 4 is 17.5 Å². The number of rotatable bonds is 7. The lowest BCUT2D eigenvalue weighted by Gasteiger charge is -2.11. The summed E-state index contributed by atoms with van der Waals surface area (Å²) < 4.78 is 10.6. The minimum Gasteiger partial charge on any atom is -0.493 e. The van der Waals surface area contributed by atoms with Gasteiger partial charge >= 0.3 is 0 Å². The molecule has 0 saturated carbocycles. The first-order valence-electron chi connectivity index (χ1n) is 7.73. The van der Waals surface area contributed by atoms with Gasteiger partial charge < -0.3 is 20.1 Å². The van der Waals surface area contributed by atoms with Gasteiger partial charge in [-0.3, -0.25) is 4.98 Å². The van der Waals surface area contributed by atoms with E-state index in [1.165, 1.54) is 0 Å². The van der Waals surface area contributed by atoms with Gasteiger partial charge in [0.2, 0.25) is 5.95 Å². The van der Waals surface area contributed by atoms with Gasteiger partial charge in [-0.15, -0.1) is 0 Å². The van der Waals surface area contributed by atoms with Crippen molar-refractivity contribution in [2.45, 2.75) is 6.54 Å². The summed E-state index contributed by atoms with van der Waals surface area (Å²) in [7, 11) is 3.21. The number of nitrogens with one attached hydrogen (secondary N) is 2. The number of anilines is 3. The molecular formula is C18H19N5O2. The maximum atomic E-state index is 5.31. The van der Waals surface area contributed by atoms with E-state index < -0.39 is 0 Å². The van der Waals surface area contributed by atoms with Crippen LogP contribution in [0.15, 0.2) is 55.0 Å². The maximum Gasteiger partial charge on any atom is 0.224 e. The largest absolute Gasteiger partial charge is 0.493 e. The number of benzene rings is 1. The van der Waals surface area contributed by atoms with Crippen LogP contribution in [0.4, 0.5) is 17.5 Å². The predicted octanol–water partition coefficient (Wildman–Crippen LogP) is 3.24. The summed E-state index contributed by atoms with van der Waals surface area (Å²) in [5.74, 6) is 2.55. The maximum absolute atomic E-state index is 5.31. The van der Waals surface area contributed by atoms with Crippen molar-refractivity contribution in [3.05, 3.63) is 60.6 Å². The first kappa shape index (κ1) is 16.5. The molecule has 0 radical (unpaired) electrons. The Bertz CT molecular complexity index is 827. The molecule has 2 aromatic heterocycles. The van der Waals surface area contributed by atoms with Crippen LogP contribution in [0.5, 0.6) is 11.5 Å². The highest BCUT2D eigenvalue weighted by Gasteiger charge is 2.06. The van der Waals surface area contributed by atoms with E-state index in [4.69, 9.17) is 9.47 Å². The van der Waals surface area contributed by atoms with Crippen LogP contribution in [0.1, 0.15) is 5.56 Å². The van der Waals surface area contributed by atoms with E-state index >= 15 is 0 Å². The molecule has 0 spiro atoms. The third kappa shape index (κ3) is 4.35. The first-order valence-corrected chi connectivity index (χ1v) is 7.73. The highest BCUT2D eigenvalue weighted by atomic mass is 16.5. The molecule has 3 rings (SSSR count). The Labute approximate surface area is 146 Å². The van der Waals surface area contributed by atoms with Crippen LogP contribution in [0.2, 0.25) is 0 Å². The monoisotopic (exact) mass is 337 g/mol. The predicted molar refractivity (Wildman–Crippen MR) is 96.4 cm³/mol. The van der Waals surface area contributed by atoms with E-state index in [9.17, 15) is 0 Å². The van der Waals surface area contributed by atoms with Crippen LogP contribution in [-0.4, -0.2) is 29.2 Å². The summed E-state index contributed by atoms with van der Waals surface area (Å²) in [6.07, 6.45) is 5.21. The molecule has 7 nitrogen and oxygen atoms in total. The van der Waals surface area contributed by atoms with Gasteiger partial charge in [0.15, 0.2) is 11.5 Å².